The van der Waals surface area contributed by atoms with Crippen LogP contribution in [0.5, 0.6) is 5.75 Å². The Bertz CT molecular complexity index is 289. The van der Waals surface area contributed by atoms with Gasteiger partial charge in [-0.1, -0.05) is 39.0 Å². The predicted molar refractivity (Wildman–Crippen MR) is 68.6 cm³/mol. The molecule has 0 aliphatic carbocycles. The van der Waals surface area contributed by atoms with Crippen LogP contribution in [0.15, 0.2) is 30.3 Å². The summed E-state index contributed by atoms with van der Waals surface area (Å²) in [7, 11) is 0. The van der Waals surface area contributed by atoms with Gasteiger partial charge in [0.05, 0.1) is 6.61 Å². The van der Waals surface area contributed by atoms with Crippen LogP contribution in [-0.2, 0) is 0 Å². The first-order chi connectivity index (χ1) is 7.54. The van der Waals surface area contributed by atoms with Crippen LogP contribution in [0.3, 0.4) is 0 Å². The molecule has 1 atom stereocenters. The van der Waals surface area contributed by atoms with E-state index in [1.165, 1.54) is 0 Å². The van der Waals surface area contributed by atoms with Crippen molar-refractivity contribution < 1.29 is 4.74 Å². The smallest absolute Gasteiger partial charge is 0.119 e. The van der Waals surface area contributed by atoms with Gasteiger partial charge in [0.25, 0.3) is 0 Å². The first kappa shape index (κ1) is 13.0. The number of para-hydroxylation sites is 1. The third-order valence-electron chi connectivity index (χ3n) is 2.99. The highest BCUT2D eigenvalue weighted by Gasteiger charge is 2.22. The van der Waals surface area contributed by atoms with Gasteiger partial charge in [-0.25, -0.2) is 0 Å². The minimum Gasteiger partial charge on any atom is -0.494 e. The average Bonchev–Trinajstić information content (AvgIpc) is 2.24. The van der Waals surface area contributed by atoms with Gasteiger partial charge < -0.3 is 10.5 Å². The standard InChI is InChI=1S/C14H23NO/c1-14(2,3)12(11-15)9-10-16-13-7-5-4-6-8-13/h4-8,12H,9-11,15H2,1-3H3. The summed E-state index contributed by atoms with van der Waals surface area (Å²) in [6, 6.07) is 9.92. The molecular weight excluding hydrogens is 198 g/mol. The Hall–Kier alpha value is -1.02. The SMILES string of the molecule is CC(C)(C)C(CN)CCOc1ccccc1. The van der Waals surface area contributed by atoms with Gasteiger partial charge in [0.15, 0.2) is 0 Å². The third-order valence-corrected chi connectivity index (χ3v) is 2.99. The number of nitrogens with two attached hydrogens (primary N) is 1. The van der Waals surface area contributed by atoms with Crippen molar-refractivity contribution in [1.82, 2.24) is 0 Å². The molecule has 0 amide bonds. The number of benzene rings is 1. The van der Waals surface area contributed by atoms with Gasteiger partial charge >= 0.3 is 0 Å². The predicted octanol–water partition coefficient (Wildman–Crippen LogP) is 3.08. The lowest BCUT2D eigenvalue weighted by molar-refractivity contribution is 0.189. The Morgan fingerprint density at radius 1 is 1.19 bits per heavy atom. The van der Waals surface area contributed by atoms with Crippen molar-refractivity contribution in [2.24, 2.45) is 17.1 Å². The lowest BCUT2D eigenvalue weighted by Gasteiger charge is -2.29. The van der Waals surface area contributed by atoms with E-state index in [2.05, 4.69) is 20.8 Å². The van der Waals surface area contributed by atoms with E-state index >= 15 is 0 Å². The second-order valence-corrected chi connectivity index (χ2v) is 5.25. The zero-order valence-corrected chi connectivity index (χ0v) is 10.6. The molecule has 90 valence electrons. The van der Waals surface area contributed by atoms with E-state index in [0.29, 0.717) is 5.92 Å². The van der Waals surface area contributed by atoms with E-state index in [0.717, 1.165) is 25.3 Å². The first-order valence-electron chi connectivity index (χ1n) is 5.92. The fourth-order valence-electron chi connectivity index (χ4n) is 1.74. The summed E-state index contributed by atoms with van der Waals surface area (Å²) in [5.74, 6) is 1.45. The van der Waals surface area contributed by atoms with Crippen molar-refractivity contribution in [3.8, 4) is 5.75 Å². The Labute approximate surface area is 98.8 Å². The molecule has 0 aliphatic heterocycles. The molecule has 0 radical (unpaired) electrons. The van der Waals surface area contributed by atoms with E-state index in [4.69, 9.17) is 10.5 Å². The molecule has 0 fully saturated rings. The molecule has 0 bridgehead atoms. The summed E-state index contributed by atoms with van der Waals surface area (Å²) in [4.78, 5) is 0. The van der Waals surface area contributed by atoms with Crippen molar-refractivity contribution in [2.75, 3.05) is 13.2 Å². The molecule has 2 N–H and O–H groups in total. The molecule has 0 aliphatic rings. The van der Waals surface area contributed by atoms with Crippen molar-refractivity contribution in [3.63, 3.8) is 0 Å². The minimum absolute atomic E-state index is 0.259. The molecule has 0 spiro atoms. The Morgan fingerprint density at radius 2 is 1.81 bits per heavy atom. The second-order valence-electron chi connectivity index (χ2n) is 5.25. The lowest BCUT2D eigenvalue weighted by Crippen LogP contribution is -2.29. The van der Waals surface area contributed by atoms with Gasteiger partial charge in [-0.15, -0.1) is 0 Å². The molecule has 2 heteroatoms. The van der Waals surface area contributed by atoms with Crippen LogP contribution in [0.25, 0.3) is 0 Å². The monoisotopic (exact) mass is 221 g/mol. The summed E-state index contributed by atoms with van der Waals surface area (Å²) in [6.45, 7) is 8.15. The first-order valence-corrected chi connectivity index (χ1v) is 5.92. The van der Waals surface area contributed by atoms with Crippen LogP contribution in [0.2, 0.25) is 0 Å². The van der Waals surface area contributed by atoms with E-state index in [1.807, 2.05) is 30.3 Å². The Kier molecular flexibility index (Phi) is 4.81. The highest BCUT2D eigenvalue weighted by molar-refractivity contribution is 5.20. The quantitative estimate of drug-likeness (QED) is 0.829. The van der Waals surface area contributed by atoms with Crippen LogP contribution in [0.4, 0.5) is 0 Å². The van der Waals surface area contributed by atoms with Crippen LogP contribution in [0.1, 0.15) is 27.2 Å². The largest absolute Gasteiger partial charge is 0.494 e. The van der Waals surface area contributed by atoms with E-state index in [9.17, 15) is 0 Å². The van der Waals surface area contributed by atoms with Crippen LogP contribution >= 0.6 is 0 Å². The van der Waals surface area contributed by atoms with E-state index < -0.39 is 0 Å². The molecule has 0 aromatic heterocycles. The molecule has 2 nitrogen and oxygen atoms in total. The van der Waals surface area contributed by atoms with E-state index in [-0.39, 0.29) is 5.41 Å². The lowest BCUT2D eigenvalue weighted by atomic mass is 9.79. The van der Waals surface area contributed by atoms with Crippen LogP contribution < -0.4 is 10.5 Å². The van der Waals surface area contributed by atoms with Crippen LogP contribution in [-0.4, -0.2) is 13.2 Å². The number of ether oxygens (including phenoxy) is 1. The summed E-state index contributed by atoms with van der Waals surface area (Å²) >= 11 is 0. The van der Waals surface area contributed by atoms with Gasteiger partial charge in [0.1, 0.15) is 5.75 Å². The maximum absolute atomic E-state index is 5.78. The summed E-state index contributed by atoms with van der Waals surface area (Å²) in [5, 5.41) is 0. The van der Waals surface area contributed by atoms with Gasteiger partial charge in [-0.2, -0.15) is 0 Å². The zero-order chi connectivity index (χ0) is 12.0. The van der Waals surface area contributed by atoms with Gasteiger partial charge in [0, 0.05) is 0 Å². The minimum atomic E-state index is 0.259. The third kappa shape index (κ3) is 4.23. The number of hydrogen-bond donors (Lipinski definition) is 1. The van der Waals surface area contributed by atoms with Crippen LogP contribution in [0, 0.1) is 11.3 Å². The number of rotatable bonds is 5. The molecule has 1 unspecified atom stereocenters. The summed E-state index contributed by atoms with van der Waals surface area (Å²) < 4.78 is 5.68. The van der Waals surface area contributed by atoms with Gasteiger partial charge in [-0.05, 0) is 36.4 Å². The van der Waals surface area contributed by atoms with Crippen molar-refractivity contribution in [1.29, 1.82) is 0 Å². The molecule has 0 heterocycles. The van der Waals surface area contributed by atoms with Crippen molar-refractivity contribution in [3.05, 3.63) is 30.3 Å². The molecule has 1 aromatic carbocycles. The zero-order valence-electron chi connectivity index (χ0n) is 10.6. The maximum Gasteiger partial charge on any atom is 0.119 e. The van der Waals surface area contributed by atoms with Crippen molar-refractivity contribution >= 4 is 0 Å². The average molecular weight is 221 g/mol. The molecule has 1 aromatic rings. The topological polar surface area (TPSA) is 35.2 Å². The Balaban J connectivity index is 2.35. The fourth-order valence-corrected chi connectivity index (χ4v) is 1.74. The van der Waals surface area contributed by atoms with Gasteiger partial charge in [-0.3, -0.25) is 0 Å². The maximum atomic E-state index is 5.78. The van der Waals surface area contributed by atoms with Crippen molar-refractivity contribution in [2.45, 2.75) is 27.2 Å². The Morgan fingerprint density at radius 3 is 2.31 bits per heavy atom. The molecule has 0 saturated heterocycles. The molecule has 0 saturated carbocycles. The summed E-state index contributed by atoms with van der Waals surface area (Å²) in [5.41, 5.74) is 6.04. The molecular formula is C14H23NO. The molecule has 16 heavy (non-hydrogen) atoms. The highest BCUT2D eigenvalue weighted by atomic mass is 16.5. The molecule has 1 rings (SSSR count). The normalized spacial score (nSPS) is 13.5. The fraction of sp³-hybridized carbons (Fsp3) is 0.571. The second kappa shape index (κ2) is 5.90. The van der Waals surface area contributed by atoms with E-state index in [1.54, 1.807) is 0 Å². The van der Waals surface area contributed by atoms with Gasteiger partial charge in [0.2, 0.25) is 0 Å². The highest BCUT2D eigenvalue weighted by Crippen LogP contribution is 2.27. The summed E-state index contributed by atoms with van der Waals surface area (Å²) in [6.07, 6.45) is 1.01. The number of hydrogen-bond acceptors (Lipinski definition) is 2.